The Bertz CT molecular complexity index is 729. The Kier molecular flexibility index (Phi) is 4.21. The zero-order valence-corrected chi connectivity index (χ0v) is 12.6. The Morgan fingerprint density at radius 3 is 2.67 bits per heavy atom. The molecule has 0 fully saturated rings. The van der Waals surface area contributed by atoms with Gasteiger partial charge in [-0.25, -0.2) is 4.98 Å². The zero-order chi connectivity index (χ0) is 15.6. The molecule has 7 nitrogen and oxygen atoms in total. The fraction of sp³-hybridized carbons (Fsp3) is 0.429. The van der Waals surface area contributed by atoms with Crippen molar-refractivity contribution in [3.05, 3.63) is 33.4 Å². The summed E-state index contributed by atoms with van der Waals surface area (Å²) in [6.45, 7) is 7.27. The highest BCUT2D eigenvalue weighted by Gasteiger charge is 2.14. The third-order valence-corrected chi connectivity index (χ3v) is 3.18. The van der Waals surface area contributed by atoms with Crippen LogP contribution in [0.3, 0.4) is 0 Å². The molecule has 2 heterocycles. The summed E-state index contributed by atoms with van der Waals surface area (Å²) < 4.78 is 1.44. The number of H-pyrrole nitrogens is 1. The van der Waals surface area contributed by atoms with Crippen LogP contribution in [0.5, 0.6) is 0 Å². The van der Waals surface area contributed by atoms with Crippen molar-refractivity contribution in [1.29, 1.82) is 0 Å². The van der Waals surface area contributed by atoms with Crippen LogP contribution in [-0.4, -0.2) is 25.7 Å². The molecule has 21 heavy (non-hydrogen) atoms. The number of carbonyl (C=O) groups excluding carboxylic acids is 1. The highest BCUT2D eigenvalue weighted by molar-refractivity contribution is 5.89. The van der Waals surface area contributed by atoms with Crippen LogP contribution in [0.15, 0.2) is 10.9 Å². The Labute approximate surface area is 122 Å². The molecule has 0 bridgehead atoms. The van der Waals surface area contributed by atoms with Gasteiger partial charge in [0.2, 0.25) is 11.9 Å². The van der Waals surface area contributed by atoms with Gasteiger partial charge < -0.3 is 5.32 Å². The maximum Gasteiger partial charge on any atom is 0.255 e. The predicted molar refractivity (Wildman–Crippen MR) is 79.8 cm³/mol. The van der Waals surface area contributed by atoms with Crippen LogP contribution in [0.1, 0.15) is 37.2 Å². The summed E-state index contributed by atoms with van der Waals surface area (Å²) >= 11 is 0. The lowest BCUT2D eigenvalue weighted by Gasteiger charge is -2.09. The van der Waals surface area contributed by atoms with Crippen LogP contribution in [0.2, 0.25) is 0 Å². The molecule has 0 aromatic carbocycles. The number of aryl methyl sites for hydroxylation is 2. The van der Waals surface area contributed by atoms with E-state index < -0.39 is 0 Å². The summed E-state index contributed by atoms with van der Waals surface area (Å²) in [5, 5.41) is 7.02. The van der Waals surface area contributed by atoms with Crippen LogP contribution in [0.25, 0.3) is 5.95 Å². The van der Waals surface area contributed by atoms with Gasteiger partial charge in [0.15, 0.2) is 0 Å². The molecule has 0 aliphatic rings. The predicted octanol–water partition coefficient (Wildman–Crippen LogP) is 1.48. The molecule has 2 N–H and O–H groups in total. The summed E-state index contributed by atoms with van der Waals surface area (Å²) in [5.74, 6) is 0.667. The van der Waals surface area contributed by atoms with Crippen LogP contribution >= 0.6 is 0 Å². The minimum Gasteiger partial charge on any atom is -0.310 e. The molecule has 0 aliphatic carbocycles. The smallest absolute Gasteiger partial charge is 0.255 e. The molecule has 1 amide bonds. The van der Waals surface area contributed by atoms with Crippen molar-refractivity contribution in [2.75, 3.05) is 5.32 Å². The number of nitrogens with one attached hydrogen (secondary N) is 2. The second-order valence-corrected chi connectivity index (χ2v) is 4.79. The van der Waals surface area contributed by atoms with E-state index in [1.165, 1.54) is 4.68 Å². The standard InChI is InChI=1S/C14H19N5O2/c1-5-10-9(4)15-14(17-13(10)21)19-11(7-8(3)18-19)16-12(20)6-2/h7H,5-6H2,1-4H3,(H,16,20)(H,15,17,21). The van der Waals surface area contributed by atoms with Gasteiger partial charge in [0.25, 0.3) is 5.56 Å². The average Bonchev–Trinajstić information content (AvgIpc) is 2.79. The van der Waals surface area contributed by atoms with Crippen molar-refractivity contribution in [3.8, 4) is 5.95 Å². The number of hydrogen-bond donors (Lipinski definition) is 2. The molecule has 0 saturated heterocycles. The van der Waals surface area contributed by atoms with Crippen molar-refractivity contribution in [3.63, 3.8) is 0 Å². The topological polar surface area (TPSA) is 92.7 Å². The molecule has 0 saturated carbocycles. The number of hydrogen-bond acceptors (Lipinski definition) is 4. The summed E-state index contributed by atoms with van der Waals surface area (Å²) in [6.07, 6.45) is 0.980. The van der Waals surface area contributed by atoms with Crippen LogP contribution in [0, 0.1) is 13.8 Å². The van der Waals surface area contributed by atoms with Crippen molar-refractivity contribution >= 4 is 11.7 Å². The molecule has 0 aliphatic heterocycles. The summed E-state index contributed by atoms with van der Waals surface area (Å²) in [5.41, 5.74) is 1.86. The molecule has 0 spiro atoms. The first kappa shape index (κ1) is 15.0. The van der Waals surface area contributed by atoms with E-state index in [2.05, 4.69) is 20.4 Å². The second-order valence-electron chi connectivity index (χ2n) is 4.79. The SMILES string of the molecule is CCC(=O)Nc1cc(C)nn1-c1nc(C)c(CC)c(=O)[nH]1. The van der Waals surface area contributed by atoms with E-state index in [9.17, 15) is 9.59 Å². The van der Waals surface area contributed by atoms with Crippen molar-refractivity contribution in [2.45, 2.75) is 40.5 Å². The number of amides is 1. The number of aromatic nitrogens is 4. The monoisotopic (exact) mass is 289 g/mol. The highest BCUT2D eigenvalue weighted by Crippen LogP contribution is 2.14. The van der Waals surface area contributed by atoms with Gasteiger partial charge in [-0.15, -0.1) is 0 Å². The molecular formula is C14H19N5O2. The normalized spacial score (nSPS) is 10.7. The first-order chi connectivity index (χ1) is 9.96. The van der Waals surface area contributed by atoms with Gasteiger partial charge in [-0.2, -0.15) is 9.78 Å². The van der Waals surface area contributed by atoms with E-state index >= 15 is 0 Å². The first-order valence-corrected chi connectivity index (χ1v) is 6.92. The summed E-state index contributed by atoms with van der Waals surface area (Å²) in [6, 6.07) is 1.73. The van der Waals surface area contributed by atoms with Gasteiger partial charge in [-0.1, -0.05) is 13.8 Å². The third-order valence-electron chi connectivity index (χ3n) is 3.18. The van der Waals surface area contributed by atoms with E-state index in [1.807, 2.05) is 13.8 Å². The average molecular weight is 289 g/mol. The molecule has 0 radical (unpaired) electrons. The van der Waals surface area contributed by atoms with E-state index in [0.29, 0.717) is 35.9 Å². The maximum absolute atomic E-state index is 12.0. The summed E-state index contributed by atoms with van der Waals surface area (Å²) in [4.78, 5) is 30.7. The van der Waals surface area contributed by atoms with Gasteiger partial charge >= 0.3 is 0 Å². The Hall–Kier alpha value is -2.44. The maximum atomic E-state index is 12.0. The molecule has 0 unspecified atom stereocenters. The molecule has 112 valence electrons. The molecule has 2 aromatic heterocycles. The minimum absolute atomic E-state index is 0.125. The molecule has 2 rings (SSSR count). The van der Waals surface area contributed by atoms with E-state index in [0.717, 1.165) is 5.69 Å². The van der Waals surface area contributed by atoms with E-state index in [-0.39, 0.29) is 11.5 Å². The molecule has 2 aromatic rings. The van der Waals surface area contributed by atoms with Crippen LogP contribution < -0.4 is 10.9 Å². The van der Waals surface area contributed by atoms with Crippen molar-refractivity contribution in [2.24, 2.45) is 0 Å². The largest absolute Gasteiger partial charge is 0.310 e. The van der Waals surface area contributed by atoms with Crippen molar-refractivity contribution < 1.29 is 4.79 Å². The van der Waals surface area contributed by atoms with E-state index in [1.54, 1.807) is 19.9 Å². The zero-order valence-electron chi connectivity index (χ0n) is 12.6. The lowest BCUT2D eigenvalue weighted by atomic mass is 10.2. The Morgan fingerprint density at radius 1 is 1.38 bits per heavy atom. The fourth-order valence-electron chi connectivity index (χ4n) is 2.09. The number of aromatic amines is 1. The van der Waals surface area contributed by atoms with Gasteiger partial charge in [-0.05, 0) is 20.3 Å². The molecular weight excluding hydrogens is 270 g/mol. The summed E-state index contributed by atoms with van der Waals surface area (Å²) in [7, 11) is 0. The molecule has 0 atom stereocenters. The quantitative estimate of drug-likeness (QED) is 0.891. The fourth-order valence-corrected chi connectivity index (χ4v) is 2.09. The van der Waals surface area contributed by atoms with Gasteiger partial charge in [0.1, 0.15) is 5.82 Å². The van der Waals surface area contributed by atoms with E-state index in [4.69, 9.17) is 0 Å². The number of nitrogens with zero attached hydrogens (tertiary/aromatic N) is 3. The van der Waals surface area contributed by atoms with Gasteiger partial charge in [-0.3, -0.25) is 14.6 Å². The Balaban J connectivity index is 2.52. The number of rotatable bonds is 4. The Morgan fingerprint density at radius 2 is 2.10 bits per heavy atom. The van der Waals surface area contributed by atoms with Crippen LogP contribution in [0.4, 0.5) is 5.82 Å². The minimum atomic E-state index is -0.180. The number of anilines is 1. The van der Waals surface area contributed by atoms with Gasteiger partial charge in [0.05, 0.1) is 5.69 Å². The second kappa shape index (κ2) is 5.90. The van der Waals surface area contributed by atoms with Crippen molar-refractivity contribution in [1.82, 2.24) is 19.7 Å². The van der Waals surface area contributed by atoms with Gasteiger partial charge in [0, 0.05) is 23.7 Å². The van der Waals surface area contributed by atoms with Crippen LogP contribution in [-0.2, 0) is 11.2 Å². The highest BCUT2D eigenvalue weighted by atomic mass is 16.1. The third kappa shape index (κ3) is 3.01. The lowest BCUT2D eigenvalue weighted by molar-refractivity contribution is -0.115. The lowest BCUT2D eigenvalue weighted by Crippen LogP contribution is -2.21. The molecule has 7 heteroatoms. The first-order valence-electron chi connectivity index (χ1n) is 6.92. The number of carbonyl (C=O) groups is 1.